The third-order valence-electron chi connectivity index (χ3n) is 4.49. The number of hydrogen-bond acceptors (Lipinski definition) is 7. The van der Waals surface area contributed by atoms with Crippen molar-refractivity contribution in [3.05, 3.63) is 47.5 Å². The average molecular weight is 459 g/mol. The first-order chi connectivity index (χ1) is 15.8. The maximum atomic E-state index is 12.4. The van der Waals surface area contributed by atoms with Gasteiger partial charge in [0.25, 0.3) is 11.8 Å². The standard InChI is InChI=1S/C24H30N2O7/c1-6-31-20-11-9-17(13-21(20)32-7-2)24(29)25-14-22(27)33-16(4)23(28)26-18-12-15(3)8-10-19(18)30-5/h8-13,16H,6-7,14H2,1-5H3,(H,25,29)(H,26,28). The molecule has 2 amide bonds. The maximum Gasteiger partial charge on any atom is 0.326 e. The van der Waals surface area contributed by atoms with E-state index in [0.29, 0.717) is 41.7 Å². The lowest BCUT2D eigenvalue weighted by Crippen LogP contribution is -2.35. The number of carbonyl (C=O) groups excluding carboxylic acids is 3. The number of rotatable bonds is 11. The van der Waals surface area contributed by atoms with E-state index in [1.807, 2.05) is 26.8 Å². The van der Waals surface area contributed by atoms with Crippen LogP contribution in [0.4, 0.5) is 5.69 Å². The molecular formula is C24H30N2O7. The first-order valence-electron chi connectivity index (χ1n) is 10.6. The van der Waals surface area contributed by atoms with Crippen molar-refractivity contribution in [2.45, 2.75) is 33.8 Å². The third-order valence-corrected chi connectivity index (χ3v) is 4.49. The fraction of sp³-hybridized carbons (Fsp3) is 0.375. The minimum Gasteiger partial charge on any atom is -0.495 e. The molecule has 0 spiro atoms. The van der Waals surface area contributed by atoms with Gasteiger partial charge in [0, 0.05) is 5.56 Å². The number of carbonyl (C=O) groups is 3. The number of aryl methyl sites for hydroxylation is 1. The van der Waals surface area contributed by atoms with Gasteiger partial charge < -0.3 is 29.6 Å². The fourth-order valence-corrected chi connectivity index (χ4v) is 2.89. The summed E-state index contributed by atoms with van der Waals surface area (Å²) in [5, 5.41) is 5.16. The monoisotopic (exact) mass is 458 g/mol. The molecule has 0 bridgehead atoms. The van der Waals surface area contributed by atoms with Gasteiger partial charge in [-0.2, -0.15) is 0 Å². The summed E-state index contributed by atoms with van der Waals surface area (Å²) in [5.74, 6) is -0.310. The van der Waals surface area contributed by atoms with Crippen LogP contribution in [-0.4, -0.2) is 50.8 Å². The minimum absolute atomic E-state index is 0.298. The second kappa shape index (κ2) is 12.3. The van der Waals surface area contributed by atoms with E-state index in [0.717, 1.165) is 5.56 Å². The quantitative estimate of drug-likeness (QED) is 0.498. The molecule has 0 aliphatic heterocycles. The molecule has 9 nitrogen and oxygen atoms in total. The summed E-state index contributed by atoms with van der Waals surface area (Å²) in [6, 6.07) is 10.1. The van der Waals surface area contributed by atoms with Crippen LogP contribution in [0.15, 0.2) is 36.4 Å². The second-order valence-electron chi connectivity index (χ2n) is 7.04. The molecule has 0 fully saturated rings. The molecule has 2 N–H and O–H groups in total. The van der Waals surface area contributed by atoms with Crippen LogP contribution < -0.4 is 24.8 Å². The number of benzene rings is 2. The van der Waals surface area contributed by atoms with E-state index in [-0.39, 0.29) is 0 Å². The lowest BCUT2D eigenvalue weighted by atomic mass is 10.2. The Morgan fingerprint density at radius 3 is 2.27 bits per heavy atom. The zero-order chi connectivity index (χ0) is 24.4. The fourth-order valence-electron chi connectivity index (χ4n) is 2.89. The normalized spacial score (nSPS) is 11.2. The highest BCUT2D eigenvalue weighted by molar-refractivity contribution is 5.98. The van der Waals surface area contributed by atoms with E-state index in [1.54, 1.807) is 30.3 Å². The molecule has 178 valence electrons. The topological polar surface area (TPSA) is 112 Å². The molecule has 1 unspecified atom stereocenters. The summed E-state index contributed by atoms with van der Waals surface area (Å²) in [5.41, 5.74) is 1.70. The van der Waals surface area contributed by atoms with E-state index < -0.39 is 30.4 Å². The van der Waals surface area contributed by atoms with Crippen molar-refractivity contribution >= 4 is 23.5 Å². The van der Waals surface area contributed by atoms with Gasteiger partial charge >= 0.3 is 5.97 Å². The second-order valence-corrected chi connectivity index (χ2v) is 7.04. The molecule has 2 rings (SSSR count). The van der Waals surface area contributed by atoms with E-state index in [1.165, 1.54) is 14.0 Å². The van der Waals surface area contributed by atoms with Crippen LogP contribution >= 0.6 is 0 Å². The molecule has 0 heterocycles. The molecule has 2 aromatic rings. The Morgan fingerprint density at radius 2 is 1.61 bits per heavy atom. The smallest absolute Gasteiger partial charge is 0.326 e. The van der Waals surface area contributed by atoms with Crippen LogP contribution in [0.5, 0.6) is 17.2 Å². The van der Waals surface area contributed by atoms with Crippen LogP contribution in [0.3, 0.4) is 0 Å². The van der Waals surface area contributed by atoms with Crippen molar-refractivity contribution in [3.63, 3.8) is 0 Å². The zero-order valence-corrected chi connectivity index (χ0v) is 19.5. The molecule has 0 saturated carbocycles. The highest BCUT2D eigenvalue weighted by atomic mass is 16.5. The average Bonchev–Trinajstić information content (AvgIpc) is 2.79. The Labute approximate surface area is 193 Å². The van der Waals surface area contributed by atoms with Crippen molar-refractivity contribution in [2.24, 2.45) is 0 Å². The maximum absolute atomic E-state index is 12.4. The number of ether oxygens (including phenoxy) is 4. The predicted molar refractivity (Wildman–Crippen MR) is 123 cm³/mol. The SMILES string of the molecule is CCOc1ccc(C(=O)NCC(=O)OC(C)C(=O)Nc2cc(C)ccc2OC)cc1OCC. The highest BCUT2D eigenvalue weighted by Crippen LogP contribution is 2.28. The van der Waals surface area contributed by atoms with Gasteiger partial charge in [-0.1, -0.05) is 6.07 Å². The number of hydrogen-bond donors (Lipinski definition) is 2. The summed E-state index contributed by atoms with van der Waals surface area (Å²) < 4.78 is 21.3. The molecule has 0 saturated heterocycles. The molecule has 9 heteroatoms. The Hall–Kier alpha value is -3.75. The number of esters is 1. The van der Waals surface area contributed by atoms with Gasteiger partial charge in [-0.25, -0.2) is 0 Å². The Kier molecular flexibility index (Phi) is 9.53. The zero-order valence-electron chi connectivity index (χ0n) is 19.5. The summed E-state index contributed by atoms with van der Waals surface area (Å²) in [6.45, 7) is 7.46. The minimum atomic E-state index is -1.07. The number of amides is 2. The third kappa shape index (κ3) is 7.41. The van der Waals surface area contributed by atoms with Crippen LogP contribution in [-0.2, 0) is 14.3 Å². The van der Waals surface area contributed by atoms with E-state index in [2.05, 4.69) is 10.6 Å². The molecule has 2 aromatic carbocycles. The van der Waals surface area contributed by atoms with E-state index in [9.17, 15) is 14.4 Å². The summed E-state index contributed by atoms with van der Waals surface area (Å²) >= 11 is 0. The largest absolute Gasteiger partial charge is 0.495 e. The van der Waals surface area contributed by atoms with Gasteiger partial charge in [-0.05, 0) is 63.6 Å². The molecule has 0 aromatic heterocycles. The molecule has 0 aliphatic carbocycles. The summed E-state index contributed by atoms with van der Waals surface area (Å²) in [6.07, 6.45) is -1.07. The first kappa shape index (κ1) is 25.5. The first-order valence-corrected chi connectivity index (χ1v) is 10.6. The van der Waals surface area contributed by atoms with Gasteiger partial charge in [-0.3, -0.25) is 14.4 Å². The van der Waals surface area contributed by atoms with Gasteiger partial charge in [0.2, 0.25) is 0 Å². The Balaban J connectivity index is 1.91. The van der Waals surface area contributed by atoms with Crippen LogP contribution in [0.2, 0.25) is 0 Å². The number of nitrogens with one attached hydrogen (secondary N) is 2. The predicted octanol–water partition coefficient (Wildman–Crippen LogP) is 3.10. The van der Waals surface area contributed by atoms with Crippen molar-refractivity contribution < 1.29 is 33.3 Å². The lowest BCUT2D eigenvalue weighted by Gasteiger charge is -2.16. The highest BCUT2D eigenvalue weighted by Gasteiger charge is 2.20. The molecule has 0 aliphatic rings. The van der Waals surface area contributed by atoms with Crippen molar-refractivity contribution in [1.82, 2.24) is 5.32 Å². The summed E-state index contributed by atoms with van der Waals surface area (Å²) in [4.78, 5) is 37.0. The van der Waals surface area contributed by atoms with Gasteiger partial charge in [0.05, 0.1) is 26.0 Å². The molecule has 0 radical (unpaired) electrons. The number of anilines is 1. The Bertz CT molecular complexity index is 991. The Morgan fingerprint density at radius 1 is 0.939 bits per heavy atom. The van der Waals surface area contributed by atoms with Crippen LogP contribution in [0, 0.1) is 6.92 Å². The van der Waals surface area contributed by atoms with Crippen LogP contribution in [0.25, 0.3) is 0 Å². The van der Waals surface area contributed by atoms with E-state index >= 15 is 0 Å². The molecule has 33 heavy (non-hydrogen) atoms. The van der Waals surface area contributed by atoms with Crippen molar-refractivity contribution in [2.75, 3.05) is 32.2 Å². The van der Waals surface area contributed by atoms with Crippen molar-refractivity contribution in [1.29, 1.82) is 0 Å². The van der Waals surface area contributed by atoms with Gasteiger partial charge in [0.1, 0.15) is 12.3 Å². The lowest BCUT2D eigenvalue weighted by molar-refractivity contribution is -0.152. The van der Waals surface area contributed by atoms with Crippen LogP contribution in [0.1, 0.15) is 36.7 Å². The van der Waals surface area contributed by atoms with E-state index in [4.69, 9.17) is 18.9 Å². The summed E-state index contributed by atoms with van der Waals surface area (Å²) in [7, 11) is 1.49. The molecular weight excluding hydrogens is 428 g/mol. The van der Waals surface area contributed by atoms with Crippen molar-refractivity contribution in [3.8, 4) is 17.2 Å². The number of methoxy groups -OCH3 is 1. The molecule has 1 atom stereocenters. The van der Waals surface area contributed by atoms with Gasteiger partial charge in [0.15, 0.2) is 17.6 Å². The van der Waals surface area contributed by atoms with Gasteiger partial charge in [-0.15, -0.1) is 0 Å².